The molecule has 74 valence electrons. The second-order valence-electron chi connectivity index (χ2n) is 3.19. The van der Waals surface area contributed by atoms with Gasteiger partial charge in [-0.25, -0.2) is 4.39 Å². The number of hydrogen-bond donors (Lipinski definition) is 0. The molecule has 1 aromatic rings. The number of carbonyl (C=O) groups excluding carboxylic acids is 1. The molecule has 4 heteroatoms. The van der Waals surface area contributed by atoms with E-state index in [2.05, 4.69) is 0 Å². The molecule has 2 rings (SSSR count). The Kier molecular flexibility index (Phi) is 2.46. The Morgan fingerprint density at radius 3 is 2.93 bits per heavy atom. The van der Waals surface area contributed by atoms with Crippen LogP contribution in [0.25, 0.3) is 0 Å². The average molecular weight is 212 g/mol. The topological polar surface area (TPSA) is 34.1 Å². The van der Waals surface area contributed by atoms with Crippen molar-refractivity contribution in [3.63, 3.8) is 0 Å². The number of fused-ring (bicyclic) bond motifs is 1. The summed E-state index contributed by atoms with van der Waals surface area (Å²) < 4.78 is 24.9. The molecule has 0 aromatic heterocycles. The van der Waals surface area contributed by atoms with Gasteiger partial charge >= 0.3 is 0 Å². The van der Waals surface area contributed by atoms with E-state index in [-0.39, 0.29) is 10.7 Å². The molecule has 0 spiro atoms. The van der Waals surface area contributed by atoms with Gasteiger partial charge in [0.05, 0.1) is 15.7 Å². The van der Waals surface area contributed by atoms with Crippen LogP contribution in [0.1, 0.15) is 23.2 Å². The third kappa shape index (κ3) is 1.50. The first-order valence-corrected chi connectivity index (χ1v) is 5.72. The minimum atomic E-state index is -1.36. The second-order valence-corrected chi connectivity index (χ2v) is 4.70. The Balaban J connectivity index is 2.65. The Labute approximate surface area is 83.6 Å². The van der Waals surface area contributed by atoms with E-state index in [1.54, 1.807) is 6.07 Å². The van der Waals surface area contributed by atoms with Crippen LogP contribution in [0.5, 0.6) is 0 Å². The molecule has 1 aromatic carbocycles. The first-order valence-electron chi connectivity index (χ1n) is 4.40. The number of halogens is 1. The van der Waals surface area contributed by atoms with Gasteiger partial charge in [-0.1, -0.05) is 6.07 Å². The Hall–Kier alpha value is -1.03. The van der Waals surface area contributed by atoms with Gasteiger partial charge in [0, 0.05) is 17.7 Å². The van der Waals surface area contributed by atoms with Gasteiger partial charge in [-0.3, -0.25) is 9.00 Å². The van der Waals surface area contributed by atoms with Crippen molar-refractivity contribution in [2.75, 3.05) is 5.75 Å². The Morgan fingerprint density at radius 2 is 2.14 bits per heavy atom. The minimum absolute atomic E-state index is 0.0926. The van der Waals surface area contributed by atoms with Crippen LogP contribution in [0, 0.1) is 5.82 Å². The Morgan fingerprint density at radius 1 is 1.36 bits per heavy atom. The smallest absolute Gasteiger partial charge is 0.164 e. The van der Waals surface area contributed by atoms with E-state index < -0.39 is 16.6 Å². The molecule has 0 fully saturated rings. The summed E-state index contributed by atoms with van der Waals surface area (Å²) in [5, 5.41) is 0. The van der Waals surface area contributed by atoms with Crippen molar-refractivity contribution < 1.29 is 13.4 Å². The summed E-state index contributed by atoms with van der Waals surface area (Å²) in [4.78, 5) is 11.6. The van der Waals surface area contributed by atoms with E-state index in [4.69, 9.17) is 0 Å². The third-order valence-electron chi connectivity index (χ3n) is 2.23. The number of carbonyl (C=O) groups is 1. The predicted molar refractivity (Wildman–Crippen MR) is 51.2 cm³/mol. The molecule has 0 amide bonds. The maximum atomic E-state index is 13.3. The van der Waals surface area contributed by atoms with Gasteiger partial charge in [-0.2, -0.15) is 0 Å². The maximum Gasteiger partial charge on any atom is 0.164 e. The lowest BCUT2D eigenvalue weighted by molar-refractivity contribution is 0.0979. The fraction of sp³-hybridized carbons (Fsp3) is 0.300. The zero-order chi connectivity index (χ0) is 10.1. The van der Waals surface area contributed by atoms with E-state index >= 15 is 0 Å². The molecule has 0 aliphatic carbocycles. The van der Waals surface area contributed by atoms with Crippen molar-refractivity contribution in [3.8, 4) is 0 Å². The van der Waals surface area contributed by atoms with E-state index in [0.29, 0.717) is 24.2 Å². The third-order valence-corrected chi connectivity index (χ3v) is 3.76. The van der Waals surface area contributed by atoms with Crippen LogP contribution in [0.15, 0.2) is 23.1 Å². The first-order chi connectivity index (χ1) is 6.70. The summed E-state index contributed by atoms with van der Waals surface area (Å²) in [7, 11) is -1.36. The number of benzene rings is 1. The molecular weight excluding hydrogens is 203 g/mol. The molecule has 1 aliphatic rings. The summed E-state index contributed by atoms with van der Waals surface area (Å²) in [5.74, 6) is -0.263. The van der Waals surface area contributed by atoms with E-state index in [9.17, 15) is 13.4 Å². The fourth-order valence-electron chi connectivity index (χ4n) is 1.56. The van der Waals surface area contributed by atoms with Crippen LogP contribution in [0.2, 0.25) is 0 Å². The summed E-state index contributed by atoms with van der Waals surface area (Å²) in [5.41, 5.74) is 0.292. The highest BCUT2D eigenvalue weighted by atomic mass is 32.2. The first kappa shape index (κ1) is 9.52. The molecule has 1 unspecified atom stereocenters. The van der Waals surface area contributed by atoms with Gasteiger partial charge in [0.15, 0.2) is 5.78 Å². The van der Waals surface area contributed by atoms with Crippen LogP contribution in [-0.4, -0.2) is 15.7 Å². The van der Waals surface area contributed by atoms with Gasteiger partial charge in [0.25, 0.3) is 0 Å². The van der Waals surface area contributed by atoms with Gasteiger partial charge in [0.1, 0.15) is 5.82 Å². The van der Waals surface area contributed by atoms with Crippen molar-refractivity contribution >= 4 is 16.6 Å². The van der Waals surface area contributed by atoms with Crippen molar-refractivity contribution in [3.05, 3.63) is 29.6 Å². The fourth-order valence-corrected chi connectivity index (χ4v) is 2.88. The average Bonchev–Trinajstić information content (AvgIpc) is 2.29. The normalized spacial score (nSPS) is 21.5. The van der Waals surface area contributed by atoms with Crippen molar-refractivity contribution in [2.24, 2.45) is 0 Å². The van der Waals surface area contributed by atoms with Crippen LogP contribution in [0.3, 0.4) is 0 Å². The zero-order valence-corrected chi connectivity index (χ0v) is 8.27. The van der Waals surface area contributed by atoms with Gasteiger partial charge in [-0.05, 0) is 18.6 Å². The lowest BCUT2D eigenvalue weighted by atomic mass is 10.1. The van der Waals surface area contributed by atoms with Gasteiger partial charge in [0.2, 0.25) is 0 Å². The Bertz CT molecular complexity index is 415. The summed E-state index contributed by atoms with van der Waals surface area (Å²) >= 11 is 0. The van der Waals surface area contributed by atoms with E-state index in [0.717, 1.165) is 0 Å². The molecule has 0 N–H and O–H groups in total. The predicted octanol–water partition coefficient (Wildman–Crippen LogP) is 1.91. The number of Topliss-reactive ketones (excluding diaryl/α,β-unsaturated/α-hetero) is 1. The molecule has 1 atom stereocenters. The highest BCUT2D eigenvalue weighted by Gasteiger charge is 2.23. The standard InChI is InChI=1S/C10H9FO2S/c11-8-4-1-3-7-9(12)5-2-6-14(13)10(7)8/h1,3-4H,2,5-6H2. The largest absolute Gasteiger partial charge is 0.294 e. The summed E-state index contributed by atoms with van der Waals surface area (Å²) in [6.45, 7) is 0. The van der Waals surface area contributed by atoms with Crippen LogP contribution in [-0.2, 0) is 10.8 Å². The summed E-state index contributed by atoms with van der Waals surface area (Å²) in [6.07, 6.45) is 0.932. The molecule has 2 nitrogen and oxygen atoms in total. The molecular formula is C10H9FO2S. The van der Waals surface area contributed by atoms with E-state index in [1.165, 1.54) is 12.1 Å². The van der Waals surface area contributed by atoms with E-state index in [1.807, 2.05) is 0 Å². The highest BCUT2D eigenvalue weighted by Crippen LogP contribution is 2.23. The van der Waals surface area contributed by atoms with Crippen molar-refractivity contribution in [2.45, 2.75) is 17.7 Å². The molecule has 0 saturated heterocycles. The van der Waals surface area contributed by atoms with Gasteiger partial charge < -0.3 is 0 Å². The molecule has 0 radical (unpaired) electrons. The van der Waals surface area contributed by atoms with Gasteiger partial charge in [-0.15, -0.1) is 0 Å². The van der Waals surface area contributed by atoms with Crippen LogP contribution in [0.4, 0.5) is 4.39 Å². The molecule has 1 aliphatic heterocycles. The second kappa shape index (κ2) is 3.61. The minimum Gasteiger partial charge on any atom is -0.294 e. The highest BCUT2D eigenvalue weighted by molar-refractivity contribution is 7.85. The van der Waals surface area contributed by atoms with Crippen molar-refractivity contribution in [1.29, 1.82) is 0 Å². The number of rotatable bonds is 0. The lowest BCUT2D eigenvalue weighted by Crippen LogP contribution is -2.03. The van der Waals surface area contributed by atoms with Crippen molar-refractivity contribution in [1.82, 2.24) is 0 Å². The van der Waals surface area contributed by atoms with Crippen LogP contribution >= 0.6 is 0 Å². The maximum absolute atomic E-state index is 13.3. The molecule has 0 bridgehead atoms. The zero-order valence-electron chi connectivity index (χ0n) is 7.46. The lowest BCUT2D eigenvalue weighted by Gasteiger charge is -2.03. The molecule has 14 heavy (non-hydrogen) atoms. The number of ketones is 1. The molecule has 1 heterocycles. The SMILES string of the molecule is O=C1CCCS(=O)c2c(F)cccc21. The summed E-state index contributed by atoms with van der Waals surface area (Å²) in [6, 6.07) is 4.27. The quantitative estimate of drug-likeness (QED) is 0.658. The monoisotopic (exact) mass is 212 g/mol. The number of hydrogen-bond acceptors (Lipinski definition) is 2. The van der Waals surface area contributed by atoms with Crippen LogP contribution < -0.4 is 0 Å². The molecule has 0 saturated carbocycles.